The molecule has 0 aromatic heterocycles. The summed E-state index contributed by atoms with van der Waals surface area (Å²) in [4.78, 5) is 13.3. The number of carboxylic acids is 1. The van der Waals surface area contributed by atoms with Crippen LogP contribution in [0.2, 0.25) is 0 Å². The number of aromatic carboxylic acids is 1. The Hall–Kier alpha value is -1.55. The minimum Gasteiger partial charge on any atom is -0.494 e. The second-order valence-corrected chi connectivity index (χ2v) is 5.72. The maximum Gasteiger partial charge on any atom is 0.335 e. The maximum absolute atomic E-state index is 10.7. The zero-order chi connectivity index (χ0) is 15.1. The smallest absolute Gasteiger partial charge is 0.335 e. The predicted molar refractivity (Wildman–Crippen MR) is 83.0 cm³/mol. The van der Waals surface area contributed by atoms with Crippen LogP contribution < -0.4 is 4.74 Å². The third-order valence-electron chi connectivity index (χ3n) is 4.27. The quantitative estimate of drug-likeness (QED) is 0.783. The Morgan fingerprint density at radius 2 is 1.95 bits per heavy atom. The van der Waals surface area contributed by atoms with Crippen LogP contribution in [-0.4, -0.2) is 42.2 Å². The molecule has 21 heavy (non-hydrogen) atoms. The zero-order valence-electron chi connectivity index (χ0n) is 12.8. The first-order valence-corrected chi connectivity index (χ1v) is 7.87. The van der Waals surface area contributed by atoms with Gasteiger partial charge in [-0.15, -0.1) is 0 Å². The van der Waals surface area contributed by atoms with Gasteiger partial charge in [-0.2, -0.15) is 0 Å². The molecule has 0 atom stereocenters. The molecule has 0 saturated carbocycles. The fourth-order valence-electron chi connectivity index (χ4n) is 2.79. The van der Waals surface area contributed by atoms with Gasteiger partial charge < -0.3 is 14.7 Å². The predicted octanol–water partition coefficient (Wildman–Crippen LogP) is 3.28. The minimum absolute atomic E-state index is 0.293. The van der Waals surface area contributed by atoms with Crippen LogP contribution in [0.3, 0.4) is 0 Å². The molecule has 1 aliphatic heterocycles. The number of nitrogens with zero attached hydrogens (tertiary/aromatic N) is 1. The molecule has 1 saturated heterocycles. The highest BCUT2D eigenvalue weighted by Gasteiger charge is 2.16. The van der Waals surface area contributed by atoms with E-state index in [1.165, 1.54) is 32.4 Å². The molecule has 1 fully saturated rings. The van der Waals surface area contributed by atoms with Crippen molar-refractivity contribution in [3.8, 4) is 5.75 Å². The molecule has 0 spiro atoms. The standard InChI is InChI=1S/C17H25NO3/c1-2-14-8-11-18(12-9-14)10-3-13-21-16-6-4-15(5-7-16)17(19)20/h4-7,14H,2-3,8-13H2,1H3,(H,19,20). The second-order valence-electron chi connectivity index (χ2n) is 5.72. The lowest BCUT2D eigenvalue weighted by atomic mass is 9.94. The summed E-state index contributed by atoms with van der Waals surface area (Å²) in [7, 11) is 0. The largest absolute Gasteiger partial charge is 0.494 e. The van der Waals surface area contributed by atoms with Crippen molar-refractivity contribution in [1.29, 1.82) is 0 Å². The third kappa shape index (κ3) is 5.05. The highest BCUT2D eigenvalue weighted by atomic mass is 16.5. The van der Waals surface area contributed by atoms with Gasteiger partial charge in [0.05, 0.1) is 12.2 Å². The summed E-state index contributed by atoms with van der Waals surface area (Å²) in [6.07, 6.45) is 4.97. The van der Waals surface area contributed by atoms with E-state index in [1.54, 1.807) is 24.3 Å². The Bertz CT molecular complexity index is 436. The van der Waals surface area contributed by atoms with Crippen LogP contribution in [-0.2, 0) is 0 Å². The summed E-state index contributed by atoms with van der Waals surface area (Å²) >= 11 is 0. The third-order valence-corrected chi connectivity index (χ3v) is 4.27. The molecular formula is C17H25NO3. The minimum atomic E-state index is -0.906. The van der Waals surface area contributed by atoms with E-state index in [-0.39, 0.29) is 0 Å². The molecule has 2 rings (SSSR count). The van der Waals surface area contributed by atoms with Crippen LogP contribution in [0.4, 0.5) is 0 Å². The van der Waals surface area contributed by atoms with Crippen LogP contribution >= 0.6 is 0 Å². The summed E-state index contributed by atoms with van der Waals surface area (Å²) in [5.41, 5.74) is 0.293. The van der Waals surface area contributed by atoms with Crippen molar-refractivity contribution in [3.05, 3.63) is 29.8 Å². The van der Waals surface area contributed by atoms with Crippen molar-refractivity contribution in [2.75, 3.05) is 26.2 Å². The number of hydrogen-bond donors (Lipinski definition) is 1. The summed E-state index contributed by atoms with van der Waals surface area (Å²) in [6.45, 7) is 6.48. The fourth-order valence-corrected chi connectivity index (χ4v) is 2.79. The average Bonchev–Trinajstić information content (AvgIpc) is 2.52. The van der Waals surface area contributed by atoms with Crippen LogP contribution in [0.15, 0.2) is 24.3 Å². The van der Waals surface area contributed by atoms with Gasteiger partial charge in [0.1, 0.15) is 5.75 Å². The average molecular weight is 291 g/mol. The number of carbonyl (C=O) groups is 1. The Morgan fingerprint density at radius 3 is 2.52 bits per heavy atom. The molecule has 4 heteroatoms. The molecule has 0 bridgehead atoms. The Labute approximate surface area is 126 Å². The van der Waals surface area contributed by atoms with Gasteiger partial charge in [0.15, 0.2) is 0 Å². The van der Waals surface area contributed by atoms with E-state index in [0.717, 1.165) is 24.6 Å². The van der Waals surface area contributed by atoms with Crippen molar-refractivity contribution in [3.63, 3.8) is 0 Å². The highest BCUT2D eigenvalue weighted by molar-refractivity contribution is 5.87. The molecular weight excluding hydrogens is 266 g/mol. The lowest BCUT2D eigenvalue weighted by molar-refractivity contribution is 0.0697. The van der Waals surface area contributed by atoms with Gasteiger partial charge in [-0.25, -0.2) is 4.79 Å². The summed E-state index contributed by atoms with van der Waals surface area (Å²) < 4.78 is 5.65. The normalized spacial score (nSPS) is 16.8. The van der Waals surface area contributed by atoms with Gasteiger partial charge >= 0.3 is 5.97 Å². The van der Waals surface area contributed by atoms with Crippen molar-refractivity contribution < 1.29 is 14.6 Å². The van der Waals surface area contributed by atoms with Crippen LogP contribution in [0.5, 0.6) is 5.75 Å². The molecule has 4 nitrogen and oxygen atoms in total. The SMILES string of the molecule is CCC1CCN(CCCOc2ccc(C(=O)O)cc2)CC1. The van der Waals surface area contributed by atoms with Gasteiger partial charge in [-0.1, -0.05) is 13.3 Å². The lowest BCUT2D eigenvalue weighted by Crippen LogP contribution is -2.34. The van der Waals surface area contributed by atoms with Crippen molar-refractivity contribution in [2.45, 2.75) is 32.6 Å². The van der Waals surface area contributed by atoms with E-state index in [4.69, 9.17) is 9.84 Å². The Kier molecular flexibility index (Phi) is 6.05. The molecule has 116 valence electrons. The van der Waals surface area contributed by atoms with Gasteiger partial charge in [-0.3, -0.25) is 0 Å². The Morgan fingerprint density at radius 1 is 1.29 bits per heavy atom. The number of likely N-dealkylation sites (tertiary alicyclic amines) is 1. The fraction of sp³-hybridized carbons (Fsp3) is 0.588. The monoisotopic (exact) mass is 291 g/mol. The van der Waals surface area contributed by atoms with E-state index >= 15 is 0 Å². The van der Waals surface area contributed by atoms with Gasteiger partial charge in [0.2, 0.25) is 0 Å². The van der Waals surface area contributed by atoms with Gasteiger partial charge in [0, 0.05) is 6.54 Å². The van der Waals surface area contributed by atoms with Crippen LogP contribution in [0, 0.1) is 5.92 Å². The van der Waals surface area contributed by atoms with E-state index in [9.17, 15) is 4.79 Å². The molecule has 1 aliphatic rings. The van der Waals surface area contributed by atoms with E-state index < -0.39 is 5.97 Å². The molecule has 0 amide bonds. The van der Waals surface area contributed by atoms with Crippen molar-refractivity contribution in [1.82, 2.24) is 4.90 Å². The number of benzene rings is 1. The highest BCUT2D eigenvalue weighted by Crippen LogP contribution is 2.20. The molecule has 1 aromatic rings. The summed E-state index contributed by atoms with van der Waals surface area (Å²) in [5.74, 6) is 0.756. The van der Waals surface area contributed by atoms with Crippen molar-refractivity contribution in [2.24, 2.45) is 5.92 Å². The first-order valence-electron chi connectivity index (χ1n) is 7.87. The number of rotatable bonds is 7. The molecule has 1 N–H and O–H groups in total. The lowest BCUT2D eigenvalue weighted by Gasteiger charge is -2.31. The Balaban J connectivity index is 1.62. The number of piperidine rings is 1. The van der Waals surface area contributed by atoms with E-state index in [1.807, 2.05) is 0 Å². The number of ether oxygens (including phenoxy) is 1. The molecule has 0 unspecified atom stereocenters. The molecule has 1 heterocycles. The first-order chi connectivity index (χ1) is 10.2. The van der Waals surface area contributed by atoms with Gasteiger partial charge in [0.25, 0.3) is 0 Å². The first kappa shape index (κ1) is 15.8. The van der Waals surface area contributed by atoms with Crippen LogP contribution in [0.25, 0.3) is 0 Å². The van der Waals surface area contributed by atoms with Crippen molar-refractivity contribution >= 4 is 5.97 Å². The maximum atomic E-state index is 10.7. The zero-order valence-corrected chi connectivity index (χ0v) is 12.8. The summed E-state index contributed by atoms with van der Waals surface area (Å²) in [5, 5.41) is 8.82. The van der Waals surface area contributed by atoms with E-state index in [0.29, 0.717) is 12.2 Å². The van der Waals surface area contributed by atoms with E-state index in [2.05, 4.69) is 11.8 Å². The van der Waals surface area contributed by atoms with Crippen LogP contribution in [0.1, 0.15) is 43.0 Å². The topological polar surface area (TPSA) is 49.8 Å². The second kappa shape index (κ2) is 8.03. The molecule has 0 radical (unpaired) electrons. The number of carboxylic acid groups (broad SMARTS) is 1. The molecule has 1 aromatic carbocycles. The number of hydrogen-bond acceptors (Lipinski definition) is 3. The van der Waals surface area contributed by atoms with Gasteiger partial charge in [-0.05, 0) is 62.5 Å². The summed E-state index contributed by atoms with van der Waals surface area (Å²) in [6, 6.07) is 6.59. The molecule has 0 aliphatic carbocycles.